The Morgan fingerprint density at radius 1 is 1.44 bits per heavy atom. The number of alkyl halides is 1. The zero-order valence-corrected chi connectivity index (χ0v) is 11.7. The fourth-order valence-corrected chi connectivity index (χ4v) is 3.09. The first kappa shape index (κ1) is 12.0. The van der Waals surface area contributed by atoms with E-state index in [4.69, 9.17) is 16.6 Å². The Morgan fingerprint density at radius 3 is 2.94 bits per heavy atom. The first-order valence-corrected chi connectivity index (χ1v) is 7.32. The van der Waals surface area contributed by atoms with Crippen LogP contribution in [0.1, 0.15) is 37.2 Å². The lowest BCUT2D eigenvalue weighted by molar-refractivity contribution is 0.629. The molecule has 2 atom stereocenters. The Bertz CT molecular complexity index is 573. The van der Waals surface area contributed by atoms with Gasteiger partial charge in [0, 0.05) is 18.3 Å². The van der Waals surface area contributed by atoms with Crippen LogP contribution < -0.4 is 0 Å². The molecule has 1 saturated carbocycles. The molecular weight excluding hydrogens is 244 g/mol. The number of hydrogen-bond acceptors (Lipinski definition) is 1. The third-order valence-electron chi connectivity index (χ3n) is 4.05. The maximum atomic E-state index is 5.92. The van der Waals surface area contributed by atoms with Gasteiger partial charge in [-0.15, -0.1) is 11.6 Å². The van der Waals surface area contributed by atoms with Crippen molar-refractivity contribution in [2.75, 3.05) is 5.88 Å². The minimum Gasteiger partial charge on any atom is -0.325 e. The largest absolute Gasteiger partial charge is 0.325 e. The molecule has 1 fully saturated rings. The maximum absolute atomic E-state index is 5.92. The summed E-state index contributed by atoms with van der Waals surface area (Å²) < 4.78 is 2.44. The van der Waals surface area contributed by atoms with Crippen LogP contribution in [0.15, 0.2) is 18.2 Å². The normalized spacial score (nSPS) is 22.6. The molecule has 96 valence electrons. The van der Waals surface area contributed by atoms with E-state index in [0.29, 0.717) is 11.9 Å². The van der Waals surface area contributed by atoms with Crippen molar-refractivity contribution in [2.45, 2.75) is 39.2 Å². The predicted octanol–water partition coefficient (Wildman–Crippen LogP) is 4.10. The molecule has 0 bridgehead atoms. The van der Waals surface area contributed by atoms with Crippen LogP contribution >= 0.6 is 11.6 Å². The van der Waals surface area contributed by atoms with Crippen LogP contribution in [-0.4, -0.2) is 15.4 Å². The highest BCUT2D eigenvalue weighted by molar-refractivity contribution is 6.17. The Kier molecular flexibility index (Phi) is 3.06. The first-order chi connectivity index (χ1) is 8.76. The van der Waals surface area contributed by atoms with Crippen molar-refractivity contribution in [3.8, 4) is 0 Å². The molecule has 1 aliphatic rings. The Morgan fingerprint density at radius 2 is 2.28 bits per heavy atom. The number of rotatable bonds is 4. The van der Waals surface area contributed by atoms with E-state index < -0.39 is 0 Å². The van der Waals surface area contributed by atoms with Gasteiger partial charge in [0.15, 0.2) is 0 Å². The number of aryl methyl sites for hydroxylation is 2. The summed E-state index contributed by atoms with van der Waals surface area (Å²) in [5.41, 5.74) is 3.70. The van der Waals surface area contributed by atoms with Crippen LogP contribution in [0.2, 0.25) is 0 Å². The summed E-state index contributed by atoms with van der Waals surface area (Å²) in [4.78, 5) is 4.81. The SMILES string of the molecule is CCC1CC1n1c(CCCl)nc2c(C)cccc21. The van der Waals surface area contributed by atoms with Crippen LogP contribution in [0.5, 0.6) is 0 Å². The van der Waals surface area contributed by atoms with Crippen molar-refractivity contribution in [1.82, 2.24) is 9.55 Å². The lowest BCUT2D eigenvalue weighted by atomic mass is 10.2. The van der Waals surface area contributed by atoms with Gasteiger partial charge in [-0.25, -0.2) is 4.98 Å². The highest BCUT2D eigenvalue weighted by atomic mass is 35.5. The van der Waals surface area contributed by atoms with Gasteiger partial charge in [-0.05, 0) is 30.9 Å². The topological polar surface area (TPSA) is 17.8 Å². The van der Waals surface area contributed by atoms with Gasteiger partial charge in [0.2, 0.25) is 0 Å². The van der Waals surface area contributed by atoms with Gasteiger partial charge in [0.1, 0.15) is 5.82 Å². The van der Waals surface area contributed by atoms with Crippen LogP contribution in [-0.2, 0) is 6.42 Å². The van der Waals surface area contributed by atoms with E-state index in [0.717, 1.165) is 23.7 Å². The minimum absolute atomic E-state index is 0.645. The summed E-state index contributed by atoms with van der Waals surface area (Å²) in [6.07, 6.45) is 3.42. The number of halogens is 1. The number of aromatic nitrogens is 2. The molecule has 1 aliphatic carbocycles. The van der Waals surface area contributed by atoms with Gasteiger partial charge in [-0.2, -0.15) is 0 Å². The highest BCUT2D eigenvalue weighted by Crippen LogP contribution is 2.47. The monoisotopic (exact) mass is 262 g/mol. The second-order valence-electron chi connectivity index (χ2n) is 5.25. The summed E-state index contributed by atoms with van der Waals surface area (Å²) in [5, 5.41) is 0. The molecule has 0 saturated heterocycles. The molecule has 3 heteroatoms. The standard InChI is InChI=1S/C15H19ClN2/c1-3-11-9-13(11)18-12-6-4-5-10(2)15(12)17-14(18)7-8-16/h4-6,11,13H,3,7-9H2,1-2H3. The molecule has 1 aromatic heterocycles. The molecule has 0 aliphatic heterocycles. The Hall–Kier alpha value is -1.02. The van der Waals surface area contributed by atoms with Crippen LogP contribution in [0.3, 0.4) is 0 Å². The minimum atomic E-state index is 0.645. The van der Waals surface area contributed by atoms with E-state index in [1.54, 1.807) is 0 Å². The van der Waals surface area contributed by atoms with Crippen molar-refractivity contribution in [3.05, 3.63) is 29.6 Å². The lowest BCUT2D eigenvalue weighted by Crippen LogP contribution is -2.03. The molecule has 1 aromatic carbocycles. The summed E-state index contributed by atoms with van der Waals surface area (Å²) in [7, 11) is 0. The van der Waals surface area contributed by atoms with E-state index >= 15 is 0 Å². The lowest BCUT2D eigenvalue weighted by Gasteiger charge is -2.07. The average molecular weight is 263 g/mol. The second-order valence-corrected chi connectivity index (χ2v) is 5.63. The molecule has 0 spiro atoms. The molecule has 0 radical (unpaired) electrons. The predicted molar refractivity (Wildman–Crippen MR) is 76.3 cm³/mol. The smallest absolute Gasteiger partial charge is 0.111 e. The average Bonchev–Trinajstić information content (AvgIpc) is 3.05. The molecule has 0 N–H and O–H groups in total. The highest BCUT2D eigenvalue weighted by Gasteiger charge is 2.39. The quantitative estimate of drug-likeness (QED) is 0.759. The van der Waals surface area contributed by atoms with Crippen molar-refractivity contribution in [2.24, 2.45) is 5.92 Å². The van der Waals surface area contributed by atoms with Gasteiger partial charge < -0.3 is 4.57 Å². The number of para-hydroxylation sites is 1. The number of benzene rings is 1. The molecule has 1 heterocycles. The third kappa shape index (κ3) is 1.83. The van der Waals surface area contributed by atoms with Crippen molar-refractivity contribution < 1.29 is 0 Å². The zero-order valence-electron chi connectivity index (χ0n) is 11.0. The molecule has 0 amide bonds. The Balaban J connectivity index is 2.14. The van der Waals surface area contributed by atoms with Crippen molar-refractivity contribution in [1.29, 1.82) is 0 Å². The molecule has 18 heavy (non-hydrogen) atoms. The number of nitrogens with zero attached hydrogens (tertiary/aromatic N) is 2. The summed E-state index contributed by atoms with van der Waals surface area (Å²) in [6.45, 7) is 4.41. The van der Waals surface area contributed by atoms with Crippen LogP contribution in [0.4, 0.5) is 0 Å². The van der Waals surface area contributed by atoms with Gasteiger partial charge in [0.25, 0.3) is 0 Å². The summed E-state index contributed by atoms with van der Waals surface area (Å²) in [6, 6.07) is 7.11. The summed E-state index contributed by atoms with van der Waals surface area (Å²) in [5.74, 6) is 2.64. The third-order valence-corrected chi connectivity index (χ3v) is 4.24. The van der Waals surface area contributed by atoms with E-state index in [-0.39, 0.29) is 0 Å². The molecule has 2 aromatic rings. The van der Waals surface area contributed by atoms with Crippen LogP contribution in [0.25, 0.3) is 11.0 Å². The number of hydrogen-bond donors (Lipinski definition) is 0. The molecular formula is C15H19ClN2. The van der Waals surface area contributed by atoms with E-state index in [1.165, 1.54) is 23.9 Å². The fourth-order valence-electron chi connectivity index (χ4n) is 2.92. The maximum Gasteiger partial charge on any atom is 0.111 e. The Labute approximate surface area is 113 Å². The van der Waals surface area contributed by atoms with E-state index in [9.17, 15) is 0 Å². The molecule has 2 nitrogen and oxygen atoms in total. The molecule has 2 unspecified atom stereocenters. The van der Waals surface area contributed by atoms with Crippen LogP contribution in [0, 0.1) is 12.8 Å². The zero-order chi connectivity index (χ0) is 12.7. The van der Waals surface area contributed by atoms with E-state index in [1.807, 2.05) is 0 Å². The summed E-state index contributed by atoms with van der Waals surface area (Å²) >= 11 is 5.92. The van der Waals surface area contributed by atoms with Gasteiger partial charge in [-0.3, -0.25) is 0 Å². The number of imidazole rings is 1. The number of fused-ring (bicyclic) bond motifs is 1. The van der Waals surface area contributed by atoms with Gasteiger partial charge in [0.05, 0.1) is 11.0 Å². The molecule has 3 rings (SSSR count). The van der Waals surface area contributed by atoms with Crippen molar-refractivity contribution in [3.63, 3.8) is 0 Å². The van der Waals surface area contributed by atoms with Gasteiger partial charge in [-0.1, -0.05) is 25.5 Å². The second kappa shape index (κ2) is 4.58. The first-order valence-electron chi connectivity index (χ1n) is 6.78. The van der Waals surface area contributed by atoms with E-state index in [2.05, 4.69) is 36.6 Å². The van der Waals surface area contributed by atoms with Crippen molar-refractivity contribution >= 4 is 22.6 Å². The fraction of sp³-hybridized carbons (Fsp3) is 0.533. The van der Waals surface area contributed by atoms with Gasteiger partial charge >= 0.3 is 0 Å².